The summed E-state index contributed by atoms with van der Waals surface area (Å²) >= 11 is 3.79. The molecule has 0 heterocycles. The van der Waals surface area contributed by atoms with Crippen molar-refractivity contribution in [1.82, 2.24) is 0 Å². The molecule has 0 aliphatic heterocycles. The van der Waals surface area contributed by atoms with Gasteiger partial charge in [0.15, 0.2) is 0 Å². The summed E-state index contributed by atoms with van der Waals surface area (Å²) in [7, 11) is 0. The van der Waals surface area contributed by atoms with E-state index in [1.807, 2.05) is 0 Å². The first-order chi connectivity index (χ1) is 5.22. The first-order valence-corrected chi connectivity index (χ1v) is 5.77. The van der Waals surface area contributed by atoms with Gasteiger partial charge < -0.3 is 0 Å². The van der Waals surface area contributed by atoms with Crippen LogP contribution in [0.2, 0.25) is 0 Å². The number of alkyl halides is 1. The van der Waals surface area contributed by atoms with E-state index in [2.05, 4.69) is 22.9 Å². The summed E-state index contributed by atoms with van der Waals surface area (Å²) in [5, 5.41) is 0. The highest BCUT2D eigenvalue weighted by Gasteiger charge is 2.63. The molecule has 3 aliphatic rings. The van der Waals surface area contributed by atoms with Crippen LogP contribution in [0.1, 0.15) is 32.6 Å². The summed E-state index contributed by atoms with van der Waals surface area (Å²) in [4.78, 5) is 0.873. The Bertz CT molecular complexity index is 201. The fourth-order valence-corrected chi connectivity index (χ4v) is 5.37. The standard InChI is InChI=1S/C10H15Br/c1-10-5-9(11)8(10)4-6-2-3-7(6)10/h6-9H,2-5H2,1H3. The Morgan fingerprint density at radius 2 is 2.09 bits per heavy atom. The lowest BCUT2D eigenvalue weighted by atomic mass is 9.56. The molecule has 62 valence electrons. The van der Waals surface area contributed by atoms with Crippen LogP contribution in [0, 0.1) is 23.2 Å². The zero-order valence-electron chi connectivity index (χ0n) is 7.02. The van der Waals surface area contributed by atoms with Crippen molar-refractivity contribution in [2.75, 3.05) is 0 Å². The lowest BCUT2D eigenvalue weighted by Crippen LogP contribution is -2.47. The Balaban J connectivity index is 1.91. The molecule has 0 aromatic rings. The van der Waals surface area contributed by atoms with Crippen LogP contribution < -0.4 is 0 Å². The molecule has 0 aromatic carbocycles. The SMILES string of the molecule is CC12CC(Br)C1CC1CCC12. The van der Waals surface area contributed by atoms with Gasteiger partial charge in [-0.15, -0.1) is 0 Å². The second kappa shape index (κ2) is 1.86. The highest BCUT2D eigenvalue weighted by atomic mass is 79.9. The average molecular weight is 215 g/mol. The van der Waals surface area contributed by atoms with E-state index in [0.29, 0.717) is 0 Å². The normalized spacial score (nSPS) is 66.0. The Morgan fingerprint density at radius 1 is 1.27 bits per heavy atom. The Kier molecular flexibility index (Phi) is 1.18. The molecule has 3 rings (SSSR count). The first kappa shape index (κ1) is 6.94. The zero-order chi connectivity index (χ0) is 7.64. The third kappa shape index (κ3) is 0.634. The van der Waals surface area contributed by atoms with Gasteiger partial charge in [-0.05, 0) is 48.9 Å². The van der Waals surface area contributed by atoms with Gasteiger partial charge in [-0.1, -0.05) is 22.9 Å². The summed E-state index contributed by atoms with van der Waals surface area (Å²) in [6.45, 7) is 2.53. The van der Waals surface area contributed by atoms with Gasteiger partial charge in [-0.2, -0.15) is 0 Å². The number of hydrogen-bond acceptors (Lipinski definition) is 0. The quantitative estimate of drug-likeness (QED) is 0.544. The van der Waals surface area contributed by atoms with Gasteiger partial charge in [0.05, 0.1) is 0 Å². The molecule has 0 N–H and O–H groups in total. The topological polar surface area (TPSA) is 0 Å². The monoisotopic (exact) mass is 214 g/mol. The minimum absolute atomic E-state index is 0.775. The molecule has 5 unspecified atom stereocenters. The maximum Gasteiger partial charge on any atom is 0.0184 e. The molecule has 3 aliphatic carbocycles. The number of fused-ring (bicyclic) bond motifs is 3. The molecular formula is C10H15Br. The van der Waals surface area contributed by atoms with E-state index in [1.165, 1.54) is 25.7 Å². The van der Waals surface area contributed by atoms with Crippen molar-refractivity contribution in [3.05, 3.63) is 0 Å². The van der Waals surface area contributed by atoms with Gasteiger partial charge in [0, 0.05) is 4.83 Å². The van der Waals surface area contributed by atoms with Crippen LogP contribution >= 0.6 is 15.9 Å². The zero-order valence-corrected chi connectivity index (χ0v) is 8.60. The van der Waals surface area contributed by atoms with Crippen LogP contribution in [0.4, 0.5) is 0 Å². The predicted molar refractivity (Wildman–Crippen MR) is 49.8 cm³/mol. The second-order valence-corrected chi connectivity index (χ2v) is 6.19. The van der Waals surface area contributed by atoms with Crippen LogP contribution in [-0.4, -0.2) is 4.83 Å². The molecule has 0 spiro atoms. The van der Waals surface area contributed by atoms with Gasteiger partial charge in [-0.25, -0.2) is 0 Å². The van der Waals surface area contributed by atoms with E-state index in [0.717, 1.165) is 28.0 Å². The maximum absolute atomic E-state index is 3.79. The number of halogens is 1. The summed E-state index contributed by atoms with van der Waals surface area (Å²) in [5.41, 5.74) is 0.775. The molecule has 0 amide bonds. The molecule has 0 bridgehead atoms. The lowest BCUT2D eigenvalue weighted by molar-refractivity contribution is 0.0139. The van der Waals surface area contributed by atoms with Crippen molar-refractivity contribution >= 4 is 15.9 Å². The molecule has 3 fully saturated rings. The van der Waals surface area contributed by atoms with Crippen LogP contribution in [-0.2, 0) is 0 Å². The first-order valence-electron chi connectivity index (χ1n) is 4.86. The van der Waals surface area contributed by atoms with Crippen molar-refractivity contribution in [3.63, 3.8) is 0 Å². The minimum Gasteiger partial charge on any atom is -0.0887 e. The molecule has 5 atom stereocenters. The van der Waals surface area contributed by atoms with E-state index in [1.54, 1.807) is 0 Å². The fourth-order valence-electron chi connectivity index (χ4n) is 3.86. The fraction of sp³-hybridized carbons (Fsp3) is 1.00. The summed E-state index contributed by atoms with van der Waals surface area (Å²) in [6.07, 6.45) is 6.07. The van der Waals surface area contributed by atoms with Crippen LogP contribution in [0.5, 0.6) is 0 Å². The van der Waals surface area contributed by atoms with E-state index in [-0.39, 0.29) is 0 Å². The Morgan fingerprint density at radius 3 is 2.55 bits per heavy atom. The molecule has 0 radical (unpaired) electrons. The van der Waals surface area contributed by atoms with Gasteiger partial charge in [0.2, 0.25) is 0 Å². The summed E-state index contributed by atoms with van der Waals surface area (Å²) in [6, 6.07) is 0. The molecule has 0 saturated heterocycles. The van der Waals surface area contributed by atoms with Crippen LogP contribution in [0.3, 0.4) is 0 Å². The Labute approximate surface area is 76.9 Å². The minimum atomic E-state index is 0.775. The van der Waals surface area contributed by atoms with E-state index in [4.69, 9.17) is 0 Å². The third-order valence-electron chi connectivity index (χ3n) is 4.74. The molecule has 3 saturated carbocycles. The van der Waals surface area contributed by atoms with Crippen molar-refractivity contribution in [3.8, 4) is 0 Å². The van der Waals surface area contributed by atoms with Crippen molar-refractivity contribution in [2.24, 2.45) is 23.2 Å². The second-order valence-electron chi connectivity index (χ2n) is 5.01. The van der Waals surface area contributed by atoms with Gasteiger partial charge in [0.25, 0.3) is 0 Å². The van der Waals surface area contributed by atoms with Crippen molar-refractivity contribution < 1.29 is 0 Å². The van der Waals surface area contributed by atoms with E-state index < -0.39 is 0 Å². The van der Waals surface area contributed by atoms with Gasteiger partial charge in [0.1, 0.15) is 0 Å². The lowest BCUT2D eigenvalue weighted by Gasteiger charge is -2.52. The smallest absolute Gasteiger partial charge is 0.0184 e. The average Bonchev–Trinajstić information content (AvgIpc) is 1.97. The number of rotatable bonds is 0. The van der Waals surface area contributed by atoms with Crippen LogP contribution in [0.25, 0.3) is 0 Å². The molecular weight excluding hydrogens is 200 g/mol. The largest absolute Gasteiger partial charge is 0.0887 e. The van der Waals surface area contributed by atoms with E-state index in [9.17, 15) is 0 Å². The number of hydrogen-bond donors (Lipinski definition) is 0. The van der Waals surface area contributed by atoms with Crippen molar-refractivity contribution in [1.29, 1.82) is 0 Å². The molecule has 0 aromatic heterocycles. The summed E-state index contributed by atoms with van der Waals surface area (Å²) < 4.78 is 0. The van der Waals surface area contributed by atoms with Gasteiger partial charge >= 0.3 is 0 Å². The molecule has 1 heteroatoms. The Hall–Kier alpha value is 0.480. The van der Waals surface area contributed by atoms with Crippen LogP contribution in [0.15, 0.2) is 0 Å². The third-order valence-corrected chi connectivity index (χ3v) is 5.70. The van der Waals surface area contributed by atoms with Crippen molar-refractivity contribution in [2.45, 2.75) is 37.4 Å². The van der Waals surface area contributed by atoms with E-state index >= 15 is 0 Å². The van der Waals surface area contributed by atoms with Gasteiger partial charge in [-0.3, -0.25) is 0 Å². The highest BCUT2D eigenvalue weighted by molar-refractivity contribution is 9.09. The maximum atomic E-state index is 3.79. The summed E-state index contributed by atoms with van der Waals surface area (Å²) in [5.74, 6) is 3.30. The molecule has 0 nitrogen and oxygen atoms in total. The predicted octanol–water partition coefficient (Wildman–Crippen LogP) is 3.21. The molecule has 11 heavy (non-hydrogen) atoms. The highest BCUT2D eigenvalue weighted by Crippen LogP contribution is 2.70.